The van der Waals surface area contributed by atoms with Crippen molar-refractivity contribution in [2.24, 2.45) is 0 Å². The number of hydrogen-bond donors (Lipinski definition) is 1. The normalized spacial score (nSPS) is 22.8. The molecule has 7 nitrogen and oxygen atoms in total. The average Bonchev–Trinajstić information content (AvgIpc) is 2.76. The number of amides is 2. The maximum atomic E-state index is 13.3. The second kappa shape index (κ2) is 9.47. The summed E-state index contributed by atoms with van der Waals surface area (Å²) in [6.45, 7) is 6.29. The van der Waals surface area contributed by atoms with Crippen LogP contribution >= 0.6 is 0 Å². The van der Waals surface area contributed by atoms with Crippen LogP contribution in [0.3, 0.4) is 0 Å². The third-order valence-corrected chi connectivity index (χ3v) is 5.79. The number of morpholine rings is 1. The first-order valence-electron chi connectivity index (χ1n) is 11.0. The standard InChI is InChI=1S/C24H30N4O3/c1-17-15-27(16-18(2)31-17)21-12-11-20(14-25-21)26-24(30)23(19-8-4-3-5-9-19)28-13-7-6-10-22(28)29/h3-5,8-9,11-12,14,17-18,23H,6-7,10,13,15-16H2,1-2H3,(H,26,30). The minimum atomic E-state index is -0.644. The number of benzene rings is 1. The van der Waals surface area contributed by atoms with Crippen LogP contribution in [0.25, 0.3) is 0 Å². The fraction of sp³-hybridized carbons (Fsp3) is 0.458. The van der Waals surface area contributed by atoms with Crippen molar-refractivity contribution in [1.29, 1.82) is 0 Å². The summed E-state index contributed by atoms with van der Waals surface area (Å²) < 4.78 is 5.79. The fourth-order valence-corrected chi connectivity index (χ4v) is 4.43. The molecule has 2 aliphatic rings. The third-order valence-electron chi connectivity index (χ3n) is 5.79. The fourth-order valence-electron chi connectivity index (χ4n) is 4.43. The molecule has 3 atom stereocenters. The van der Waals surface area contributed by atoms with Gasteiger partial charge in [-0.25, -0.2) is 4.98 Å². The number of pyridine rings is 1. The molecule has 4 rings (SSSR count). The van der Waals surface area contributed by atoms with Crippen LogP contribution < -0.4 is 10.2 Å². The number of likely N-dealkylation sites (tertiary alicyclic amines) is 1. The first-order chi connectivity index (χ1) is 15.0. The van der Waals surface area contributed by atoms with E-state index in [2.05, 4.69) is 29.0 Å². The van der Waals surface area contributed by atoms with Gasteiger partial charge in [-0.15, -0.1) is 0 Å². The van der Waals surface area contributed by atoms with E-state index in [-0.39, 0.29) is 24.0 Å². The molecule has 0 saturated carbocycles. The van der Waals surface area contributed by atoms with Crippen molar-refractivity contribution in [3.63, 3.8) is 0 Å². The lowest BCUT2D eigenvalue weighted by atomic mass is 10.0. The molecule has 31 heavy (non-hydrogen) atoms. The summed E-state index contributed by atoms with van der Waals surface area (Å²) in [6.07, 6.45) is 4.26. The number of piperidine rings is 1. The summed E-state index contributed by atoms with van der Waals surface area (Å²) in [5, 5.41) is 2.97. The molecule has 0 spiro atoms. The van der Waals surface area contributed by atoms with E-state index >= 15 is 0 Å². The van der Waals surface area contributed by atoms with Crippen molar-refractivity contribution in [2.45, 2.75) is 51.4 Å². The van der Waals surface area contributed by atoms with Crippen LogP contribution in [-0.2, 0) is 14.3 Å². The highest BCUT2D eigenvalue weighted by molar-refractivity contribution is 5.98. The second-order valence-corrected chi connectivity index (χ2v) is 8.41. The number of nitrogens with zero attached hydrogens (tertiary/aromatic N) is 3. The number of carbonyl (C=O) groups excluding carboxylic acids is 2. The highest BCUT2D eigenvalue weighted by Gasteiger charge is 2.32. The minimum absolute atomic E-state index is 0.0271. The van der Waals surface area contributed by atoms with E-state index in [1.165, 1.54) is 0 Å². The number of carbonyl (C=O) groups is 2. The lowest BCUT2D eigenvalue weighted by molar-refractivity contribution is -0.141. The number of aromatic nitrogens is 1. The van der Waals surface area contributed by atoms with Gasteiger partial charge in [0.1, 0.15) is 11.9 Å². The van der Waals surface area contributed by atoms with Crippen molar-refractivity contribution in [3.05, 3.63) is 54.2 Å². The van der Waals surface area contributed by atoms with E-state index in [0.717, 1.165) is 37.3 Å². The van der Waals surface area contributed by atoms with Crippen molar-refractivity contribution >= 4 is 23.3 Å². The maximum absolute atomic E-state index is 13.3. The van der Waals surface area contributed by atoms with Crippen LogP contribution in [-0.4, -0.2) is 53.5 Å². The molecular formula is C24H30N4O3. The quantitative estimate of drug-likeness (QED) is 0.800. The Balaban J connectivity index is 1.50. The predicted octanol–water partition coefficient (Wildman–Crippen LogP) is 3.39. The van der Waals surface area contributed by atoms with Crippen molar-refractivity contribution in [2.75, 3.05) is 29.9 Å². The van der Waals surface area contributed by atoms with Gasteiger partial charge < -0.3 is 19.9 Å². The van der Waals surface area contributed by atoms with E-state index < -0.39 is 6.04 Å². The molecule has 164 valence electrons. The highest BCUT2D eigenvalue weighted by Crippen LogP contribution is 2.27. The van der Waals surface area contributed by atoms with Crippen LogP contribution in [0.15, 0.2) is 48.7 Å². The molecule has 1 N–H and O–H groups in total. The largest absolute Gasteiger partial charge is 0.372 e. The minimum Gasteiger partial charge on any atom is -0.372 e. The van der Waals surface area contributed by atoms with Gasteiger partial charge in [-0.3, -0.25) is 9.59 Å². The molecule has 3 unspecified atom stereocenters. The molecule has 3 heterocycles. The number of nitrogens with one attached hydrogen (secondary N) is 1. The Labute approximate surface area is 183 Å². The summed E-state index contributed by atoms with van der Waals surface area (Å²) >= 11 is 0. The van der Waals surface area contributed by atoms with Crippen LogP contribution in [0.5, 0.6) is 0 Å². The molecule has 0 aliphatic carbocycles. The predicted molar refractivity (Wildman–Crippen MR) is 120 cm³/mol. The molecule has 0 radical (unpaired) electrons. The first-order valence-corrected chi connectivity index (χ1v) is 11.0. The van der Waals surface area contributed by atoms with Crippen LogP contribution in [0.2, 0.25) is 0 Å². The Morgan fingerprint density at radius 2 is 1.84 bits per heavy atom. The van der Waals surface area contributed by atoms with E-state index in [9.17, 15) is 9.59 Å². The summed E-state index contributed by atoms with van der Waals surface area (Å²) in [4.78, 5) is 34.3. The smallest absolute Gasteiger partial charge is 0.251 e. The van der Waals surface area contributed by atoms with Gasteiger partial charge >= 0.3 is 0 Å². The van der Waals surface area contributed by atoms with Gasteiger partial charge in [0.05, 0.1) is 24.1 Å². The number of hydrogen-bond acceptors (Lipinski definition) is 5. The van der Waals surface area contributed by atoms with Gasteiger partial charge in [0, 0.05) is 26.1 Å². The lowest BCUT2D eigenvalue weighted by Crippen LogP contribution is -2.45. The van der Waals surface area contributed by atoms with Gasteiger partial charge in [-0.2, -0.15) is 0 Å². The average molecular weight is 423 g/mol. The monoisotopic (exact) mass is 422 g/mol. The lowest BCUT2D eigenvalue weighted by Gasteiger charge is -2.36. The Bertz CT molecular complexity index is 893. The van der Waals surface area contributed by atoms with Gasteiger partial charge in [-0.05, 0) is 44.4 Å². The van der Waals surface area contributed by atoms with Gasteiger partial charge in [0.2, 0.25) is 5.91 Å². The summed E-state index contributed by atoms with van der Waals surface area (Å²) in [5.74, 6) is 0.676. The van der Waals surface area contributed by atoms with Crippen molar-refractivity contribution < 1.29 is 14.3 Å². The zero-order chi connectivity index (χ0) is 21.8. The molecule has 0 bridgehead atoms. The molecule has 7 heteroatoms. The SMILES string of the molecule is CC1CN(c2ccc(NC(=O)C(c3ccccc3)N3CCCCC3=O)cn2)CC(C)O1. The molecule has 2 amide bonds. The highest BCUT2D eigenvalue weighted by atomic mass is 16.5. The Hall–Kier alpha value is -2.93. The van der Waals surface area contributed by atoms with Crippen LogP contribution in [0.4, 0.5) is 11.5 Å². The molecule has 2 fully saturated rings. The molecule has 2 saturated heterocycles. The van der Waals surface area contributed by atoms with Crippen molar-refractivity contribution in [3.8, 4) is 0 Å². The van der Waals surface area contributed by atoms with E-state index in [4.69, 9.17) is 4.74 Å². The zero-order valence-electron chi connectivity index (χ0n) is 18.2. The second-order valence-electron chi connectivity index (χ2n) is 8.41. The zero-order valence-corrected chi connectivity index (χ0v) is 18.2. The summed E-state index contributed by atoms with van der Waals surface area (Å²) in [5.41, 5.74) is 1.43. The molecule has 2 aromatic rings. The Morgan fingerprint density at radius 1 is 1.10 bits per heavy atom. The van der Waals surface area contributed by atoms with Gasteiger partial charge in [0.25, 0.3) is 5.91 Å². The van der Waals surface area contributed by atoms with Crippen LogP contribution in [0.1, 0.15) is 44.7 Å². The molecule has 1 aromatic heterocycles. The van der Waals surface area contributed by atoms with E-state index in [0.29, 0.717) is 18.7 Å². The first kappa shape index (κ1) is 21.3. The Kier molecular flexibility index (Phi) is 6.51. The summed E-state index contributed by atoms with van der Waals surface area (Å²) in [7, 11) is 0. The number of rotatable bonds is 5. The van der Waals surface area contributed by atoms with E-state index in [1.807, 2.05) is 42.5 Å². The number of ether oxygens (including phenoxy) is 1. The number of anilines is 2. The molecular weight excluding hydrogens is 392 g/mol. The maximum Gasteiger partial charge on any atom is 0.251 e. The summed E-state index contributed by atoms with van der Waals surface area (Å²) in [6, 6.07) is 12.6. The topological polar surface area (TPSA) is 74.8 Å². The molecule has 1 aromatic carbocycles. The van der Waals surface area contributed by atoms with Gasteiger partial charge in [0.15, 0.2) is 0 Å². The van der Waals surface area contributed by atoms with Crippen LogP contribution in [0, 0.1) is 0 Å². The van der Waals surface area contributed by atoms with E-state index in [1.54, 1.807) is 11.1 Å². The van der Waals surface area contributed by atoms with Crippen molar-refractivity contribution in [1.82, 2.24) is 9.88 Å². The third kappa shape index (κ3) is 5.05. The van der Waals surface area contributed by atoms with Gasteiger partial charge in [-0.1, -0.05) is 30.3 Å². The Morgan fingerprint density at radius 3 is 2.48 bits per heavy atom. The molecule has 2 aliphatic heterocycles.